The largest absolute Gasteiger partial charge is 0.381 e. The fraction of sp³-hybridized carbons (Fsp3) is 0.833. The number of nitrogens with one attached hydrogen (secondary N) is 1. The van der Waals surface area contributed by atoms with Crippen LogP contribution in [0.5, 0.6) is 0 Å². The van der Waals surface area contributed by atoms with Gasteiger partial charge in [0.2, 0.25) is 0 Å². The van der Waals surface area contributed by atoms with Crippen LogP contribution < -0.4 is 5.32 Å². The molecule has 1 unspecified atom stereocenters. The van der Waals surface area contributed by atoms with Crippen LogP contribution in [0.3, 0.4) is 0 Å². The number of piperazine rings is 1. The van der Waals surface area contributed by atoms with Gasteiger partial charge in [-0.2, -0.15) is 0 Å². The Balaban J connectivity index is 1.36. The first-order valence-corrected chi connectivity index (χ1v) is 9.29. The molecule has 0 amide bonds. The number of guanidine groups is 1. The molecule has 130 valence electrons. The van der Waals surface area contributed by atoms with Crippen LogP contribution in [0.4, 0.5) is 0 Å². The summed E-state index contributed by atoms with van der Waals surface area (Å²) in [5, 5.41) is 3.55. The fourth-order valence-electron chi connectivity index (χ4n) is 3.87. The Labute approximate surface area is 140 Å². The van der Waals surface area contributed by atoms with Crippen molar-refractivity contribution in [3.63, 3.8) is 0 Å². The van der Waals surface area contributed by atoms with E-state index in [1.165, 1.54) is 38.6 Å². The Kier molecular flexibility index (Phi) is 6.34. The van der Waals surface area contributed by atoms with E-state index in [1.54, 1.807) is 5.57 Å². The van der Waals surface area contributed by atoms with E-state index in [4.69, 9.17) is 4.74 Å². The predicted octanol–water partition coefficient (Wildman–Crippen LogP) is 1.72. The summed E-state index contributed by atoms with van der Waals surface area (Å²) < 4.78 is 5.49. The first-order valence-electron chi connectivity index (χ1n) is 9.29. The molecule has 0 bridgehead atoms. The van der Waals surface area contributed by atoms with Crippen molar-refractivity contribution in [3.8, 4) is 0 Å². The van der Waals surface area contributed by atoms with Crippen molar-refractivity contribution >= 4 is 5.96 Å². The molecule has 3 aliphatic rings. The quantitative estimate of drug-likeness (QED) is 0.476. The van der Waals surface area contributed by atoms with Crippen molar-refractivity contribution in [3.05, 3.63) is 11.6 Å². The molecule has 2 saturated heterocycles. The highest BCUT2D eigenvalue weighted by atomic mass is 16.5. The maximum atomic E-state index is 5.49. The normalized spacial score (nSPS) is 26.7. The summed E-state index contributed by atoms with van der Waals surface area (Å²) in [6, 6.07) is 0. The second-order valence-electron chi connectivity index (χ2n) is 7.00. The third-order valence-corrected chi connectivity index (χ3v) is 5.29. The zero-order chi connectivity index (χ0) is 15.9. The molecule has 0 saturated carbocycles. The minimum atomic E-state index is 0.749. The van der Waals surface area contributed by atoms with Crippen molar-refractivity contribution in [1.82, 2.24) is 15.1 Å². The van der Waals surface area contributed by atoms with Crippen LogP contribution in [0.25, 0.3) is 0 Å². The van der Waals surface area contributed by atoms with Gasteiger partial charge in [0, 0.05) is 52.9 Å². The van der Waals surface area contributed by atoms with Crippen molar-refractivity contribution in [2.75, 3.05) is 59.5 Å². The number of nitrogens with zero attached hydrogens (tertiary/aromatic N) is 3. The van der Waals surface area contributed by atoms with E-state index in [0.29, 0.717) is 0 Å². The third kappa shape index (κ3) is 4.95. The van der Waals surface area contributed by atoms with Gasteiger partial charge < -0.3 is 15.0 Å². The van der Waals surface area contributed by atoms with Crippen molar-refractivity contribution in [2.24, 2.45) is 10.9 Å². The lowest BCUT2D eigenvalue weighted by Gasteiger charge is -2.37. The number of ether oxygens (including phenoxy) is 1. The molecule has 1 atom stereocenters. The fourth-order valence-corrected chi connectivity index (χ4v) is 3.87. The van der Waals surface area contributed by atoms with Crippen LogP contribution in [0.2, 0.25) is 0 Å². The Morgan fingerprint density at radius 1 is 1.35 bits per heavy atom. The monoisotopic (exact) mass is 320 g/mol. The Morgan fingerprint density at radius 3 is 2.87 bits per heavy atom. The van der Waals surface area contributed by atoms with Crippen LogP contribution in [0.1, 0.15) is 32.1 Å². The van der Waals surface area contributed by atoms with Crippen LogP contribution in [-0.4, -0.2) is 75.3 Å². The van der Waals surface area contributed by atoms with E-state index in [1.807, 2.05) is 7.05 Å². The molecule has 23 heavy (non-hydrogen) atoms. The second-order valence-corrected chi connectivity index (χ2v) is 7.00. The van der Waals surface area contributed by atoms with E-state index in [9.17, 15) is 0 Å². The van der Waals surface area contributed by atoms with Crippen molar-refractivity contribution < 1.29 is 4.74 Å². The summed E-state index contributed by atoms with van der Waals surface area (Å²) in [6.07, 6.45) is 8.73. The maximum absolute atomic E-state index is 5.49. The van der Waals surface area contributed by atoms with E-state index in [2.05, 4.69) is 26.2 Å². The number of rotatable bonds is 5. The van der Waals surface area contributed by atoms with Crippen molar-refractivity contribution in [1.29, 1.82) is 0 Å². The third-order valence-electron chi connectivity index (χ3n) is 5.29. The van der Waals surface area contributed by atoms with Crippen LogP contribution >= 0.6 is 0 Å². The minimum Gasteiger partial charge on any atom is -0.381 e. The number of allylic oxidation sites excluding steroid dienone is 1. The van der Waals surface area contributed by atoms with E-state index < -0.39 is 0 Å². The molecule has 2 heterocycles. The Morgan fingerprint density at radius 2 is 2.22 bits per heavy atom. The van der Waals surface area contributed by atoms with Gasteiger partial charge in [0.15, 0.2) is 5.96 Å². The molecule has 0 aromatic rings. The molecule has 2 aliphatic heterocycles. The predicted molar refractivity (Wildman–Crippen MR) is 94.9 cm³/mol. The Hall–Kier alpha value is -1.07. The molecular weight excluding hydrogens is 288 g/mol. The molecular formula is C18H32N4O. The summed E-state index contributed by atoms with van der Waals surface area (Å²) >= 11 is 0. The lowest BCUT2D eigenvalue weighted by molar-refractivity contribution is 0.139. The molecule has 3 rings (SSSR count). The SMILES string of the molecule is CN=C(NCCC1=CCCC1)N1CCN(CC2CCOC2)CC1. The average molecular weight is 320 g/mol. The van der Waals surface area contributed by atoms with Gasteiger partial charge in [-0.1, -0.05) is 11.6 Å². The molecule has 2 fully saturated rings. The molecule has 1 aliphatic carbocycles. The van der Waals surface area contributed by atoms with Gasteiger partial charge in [-0.3, -0.25) is 9.89 Å². The van der Waals surface area contributed by atoms with E-state index >= 15 is 0 Å². The first-order chi connectivity index (χ1) is 11.3. The highest BCUT2D eigenvalue weighted by Gasteiger charge is 2.23. The lowest BCUT2D eigenvalue weighted by atomic mass is 10.1. The highest BCUT2D eigenvalue weighted by molar-refractivity contribution is 5.80. The number of aliphatic imine (C=N–C) groups is 1. The summed E-state index contributed by atoms with van der Waals surface area (Å²) in [6.45, 7) is 8.57. The van der Waals surface area contributed by atoms with Gasteiger partial charge in [-0.05, 0) is 38.0 Å². The summed E-state index contributed by atoms with van der Waals surface area (Å²) in [5.74, 6) is 1.83. The summed E-state index contributed by atoms with van der Waals surface area (Å²) in [4.78, 5) is 9.47. The lowest BCUT2D eigenvalue weighted by Crippen LogP contribution is -2.53. The standard InChI is InChI=1S/C18H32N4O/c1-19-18(20-8-6-16-4-2-3-5-16)22-11-9-21(10-12-22)14-17-7-13-23-15-17/h4,17H,2-3,5-15H2,1H3,(H,19,20). The van der Waals surface area contributed by atoms with Gasteiger partial charge in [0.25, 0.3) is 0 Å². The molecule has 0 radical (unpaired) electrons. The van der Waals surface area contributed by atoms with Crippen LogP contribution in [0, 0.1) is 5.92 Å². The summed E-state index contributed by atoms with van der Waals surface area (Å²) in [7, 11) is 1.90. The topological polar surface area (TPSA) is 40.1 Å². The van der Waals surface area contributed by atoms with Gasteiger partial charge in [-0.15, -0.1) is 0 Å². The second kappa shape index (κ2) is 8.69. The van der Waals surface area contributed by atoms with Gasteiger partial charge >= 0.3 is 0 Å². The van der Waals surface area contributed by atoms with Gasteiger partial charge in [-0.25, -0.2) is 0 Å². The zero-order valence-corrected chi connectivity index (χ0v) is 14.6. The highest BCUT2D eigenvalue weighted by Crippen LogP contribution is 2.20. The minimum absolute atomic E-state index is 0.749. The molecule has 5 heteroatoms. The molecule has 0 aromatic heterocycles. The van der Waals surface area contributed by atoms with E-state index in [0.717, 1.165) is 57.8 Å². The molecule has 0 spiro atoms. The molecule has 0 aromatic carbocycles. The van der Waals surface area contributed by atoms with Crippen molar-refractivity contribution in [2.45, 2.75) is 32.1 Å². The van der Waals surface area contributed by atoms with E-state index in [-0.39, 0.29) is 0 Å². The van der Waals surface area contributed by atoms with Gasteiger partial charge in [0.1, 0.15) is 0 Å². The summed E-state index contributed by atoms with van der Waals surface area (Å²) in [5.41, 5.74) is 1.62. The molecule has 1 N–H and O–H groups in total. The number of hydrogen-bond acceptors (Lipinski definition) is 3. The number of hydrogen-bond donors (Lipinski definition) is 1. The van der Waals surface area contributed by atoms with Gasteiger partial charge in [0.05, 0.1) is 6.61 Å². The first kappa shape index (κ1) is 16.8. The molecule has 5 nitrogen and oxygen atoms in total. The Bertz CT molecular complexity index is 421. The smallest absolute Gasteiger partial charge is 0.193 e. The van der Waals surface area contributed by atoms with Crippen LogP contribution in [-0.2, 0) is 4.74 Å². The van der Waals surface area contributed by atoms with Crippen LogP contribution in [0.15, 0.2) is 16.6 Å². The maximum Gasteiger partial charge on any atom is 0.193 e. The zero-order valence-electron chi connectivity index (χ0n) is 14.6. The average Bonchev–Trinajstić information content (AvgIpc) is 3.26.